The third-order valence-corrected chi connectivity index (χ3v) is 4.28. The summed E-state index contributed by atoms with van der Waals surface area (Å²) >= 11 is 0. The lowest BCUT2D eigenvalue weighted by Crippen LogP contribution is -2.26. The quantitative estimate of drug-likeness (QED) is 0.887. The van der Waals surface area contributed by atoms with Crippen molar-refractivity contribution in [2.24, 2.45) is 5.92 Å². The zero-order valence-electron chi connectivity index (χ0n) is 11.6. The molecule has 1 N–H and O–H groups in total. The van der Waals surface area contributed by atoms with Gasteiger partial charge in [0.15, 0.2) is 0 Å². The minimum absolute atomic E-state index is 0.190. The van der Waals surface area contributed by atoms with Gasteiger partial charge in [-0.25, -0.2) is 0 Å². The summed E-state index contributed by atoms with van der Waals surface area (Å²) in [5.41, 5.74) is 3.43. The molecular formula is C15H21N3O. The molecule has 19 heavy (non-hydrogen) atoms. The van der Waals surface area contributed by atoms with E-state index in [9.17, 15) is 4.79 Å². The third kappa shape index (κ3) is 2.32. The van der Waals surface area contributed by atoms with Crippen molar-refractivity contribution in [3.05, 3.63) is 23.8 Å². The zero-order chi connectivity index (χ0) is 13.4. The van der Waals surface area contributed by atoms with E-state index in [1.807, 2.05) is 7.05 Å². The molecule has 2 heterocycles. The molecule has 1 aromatic carbocycles. The first kappa shape index (κ1) is 12.5. The maximum atomic E-state index is 11.7. The van der Waals surface area contributed by atoms with Gasteiger partial charge in [0.2, 0.25) is 5.91 Å². The van der Waals surface area contributed by atoms with Gasteiger partial charge in [0.05, 0.1) is 6.42 Å². The van der Waals surface area contributed by atoms with Crippen LogP contribution >= 0.6 is 0 Å². The van der Waals surface area contributed by atoms with Crippen LogP contribution in [0.1, 0.15) is 12.0 Å². The van der Waals surface area contributed by atoms with Gasteiger partial charge in [-0.05, 0) is 49.2 Å². The third-order valence-electron chi connectivity index (χ3n) is 4.28. The highest BCUT2D eigenvalue weighted by atomic mass is 16.2. The molecule has 0 saturated carbocycles. The molecule has 0 aromatic heterocycles. The first-order valence-electron chi connectivity index (χ1n) is 6.96. The Morgan fingerprint density at radius 2 is 2.32 bits per heavy atom. The van der Waals surface area contributed by atoms with Crippen molar-refractivity contribution in [1.29, 1.82) is 0 Å². The largest absolute Gasteiger partial charge is 0.374 e. The molecule has 1 fully saturated rings. The Hall–Kier alpha value is -1.55. The van der Waals surface area contributed by atoms with Crippen molar-refractivity contribution in [3.8, 4) is 0 Å². The highest BCUT2D eigenvalue weighted by molar-refractivity contribution is 6.01. The summed E-state index contributed by atoms with van der Waals surface area (Å²) < 4.78 is 0. The van der Waals surface area contributed by atoms with Crippen molar-refractivity contribution in [1.82, 2.24) is 5.32 Å². The predicted octanol–water partition coefficient (Wildman–Crippen LogP) is 1.25. The summed E-state index contributed by atoms with van der Waals surface area (Å²) in [4.78, 5) is 15.8. The number of fused-ring (bicyclic) bond motifs is 1. The highest BCUT2D eigenvalue weighted by Gasteiger charge is 2.24. The van der Waals surface area contributed by atoms with E-state index in [-0.39, 0.29) is 5.91 Å². The molecule has 1 amide bonds. The lowest BCUT2D eigenvalue weighted by molar-refractivity contribution is -0.117. The van der Waals surface area contributed by atoms with E-state index in [0.717, 1.165) is 36.8 Å². The van der Waals surface area contributed by atoms with E-state index in [1.54, 1.807) is 4.90 Å². The van der Waals surface area contributed by atoms with Crippen LogP contribution in [0.4, 0.5) is 11.4 Å². The molecule has 0 aliphatic carbocycles. The van der Waals surface area contributed by atoms with Gasteiger partial charge in [0.25, 0.3) is 0 Å². The molecule has 0 bridgehead atoms. The molecule has 0 radical (unpaired) electrons. The number of carbonyl (C=O) groups excluding carboxylic acids is 1. The smallest absolute Gasteiger partial charge is 0.231 e. The molecule has 3 rings (SSSR count). The van der Waals surface area contributed by atoms with Crippen LogP contribution in [0.5, 0.6) is 0 Å². The number of likely N-dealkylation sites (N-methyl/N-ethyl adjacent to an activating group) is 1. The summed E-state index contributed by atoms with van der Waals surface area (Å²) in [5.74, 6) is 0.928. The number of nitrogens with one attached hydrogen (secondary N) is 1. The molecule has 2 aliphatic heterocycles. The first-order chi connectivity index (χ1) is 9.15. The second-order valence-electron chi connectivity index (χ2n) is 5.68. The Kier molecular flexibility index (Phi) is 3.19. The van der Waals surface area contributed by atoms with Crippen molar-refractivity contribution < 1.29 is 4.79 Å². The van der Waals surface area contributed by atoms with Crippen molar-refractivity contribution >= 4 is 17.3 Å². The molecule has 1 saturated heterocycles. The number of nitrogens with zero attached hydrogens (tertiary/aromatic N) is 2. The Labute approximate surface area is 114 Å². The van der Waals surface area contributed by atoms with Crippen LogP contribution in [0.25, 0.3) is 0 Å². The Balaban J connectivity index is 1.75. The van der Waals surface area contributed by atoms with Gasteiger partial charge in [-0.15, -0.1) is 0 Å². The van der Waals surface area contributed by atoms with Gasteiger partial charge < -0.3 is 15.1 Å². The second kappa shape index (κ2) is 4.85. The number of hydrogen-bond acceptors (Lipinski definition) is 3. The lowest BCUT2D eigenvalue weighted by Gasteiger charge is -2.23. The summed E-state index contributed by atoms with van der Waals surface area (Å²) in [7, 11) is 3.99. The highest BCUT2D eigenvalue weighted by Crippen LogP contribution is 2.31. The predicted molar refractivity (Wildman–Crippen MR) is 77.8 cm³/mol. The topological polar surface area (TPSA) is 35.6 Å². The zero-order valence-corrected chi connectivity index (χ0v) is 11.6. The van der Waals surface area contributed by atoms with Crippen LogP contribution in [0.15, 0.2) is 18.2 Å². The number of hydrogen-bond donors (Lipinski definition) is 1. The average molecular weight is 259 g/mol. The molecule has 1 unspecified atom stereocenters. The molecule has 2 aliphatic rings. The van der Waals surface area contributed by atoms with Crippen LogP contribution < -0.4 is 15.1 Å². The van der Waals surface area contributed by atoms with E-state index in [0.29, 0.717) is 6.42 Å². The fraction of sp³-hybridized carbons (Fsp3) is 0.533. The van der Waals surface area contributed by atoms with Crippen LogP contribution in [0.2, 0.25) is 0 Å². The van der Waals surface area contributed by atoms with Crippen LogP contribution in [0.3, 0.4) is 0 Å². The van der Waals surface area contributed by atoms with E-state index < -0.39 is 0 Å². The minimum atomic E-state index is 0.190. The number of anilines is 2. The summed E-state index contributed by atoms with van der Waals surface area (Å²) in [5, 5.41) is 3.40. The van der Waals surface area contributed by atoms with Gasteiger partial charge in [-0.2, -0.15) is 0 Å². The average Bonchev–Trinajstić information content (AvgIpc) is 2.99. The fourth-order valence-corrected chi connectivity index (χ4v) is 3.06. The van der Waals surface area contributed by atoms with E-state index in [4.69, 9.17) is 0 Å². The standard InChI is InChI=1S/C15H21N3O/c1-17(10-11-5-6-16-9-11)13-3-4-14-12(7-13)8-15(19)18(14)2/h3-4,7,11,16H,5-6,8-10H2,1-2H3. The van der Waals surface area contributed by atoms with Gasteiger partial charge >= 0.3 is 0 Å². The number of benzene rings is 1. The maximum Gasteiger partial charge on any atom is 0.231 e. The van der Waals surface area contributed by atoms with Gasteiger partial charge in [-0.3, -0.25) is 4.79 Å². The maximum absolute atomic E-state index is 11.7. The monoisotopic (exact) mass is 259 g/mol. The minimum Gasteiger partial charge on any atom is -0.374 e. The molecule has 4 nitrogen and oxygen atoms in total. The van der Waals surface area contributed by atoms with Gasteiger partial charge in [0.1, 0.15) is 0 Å². The molecule has 1 aromatic rings. The molecule has 0 spiro atoms. The second-order valence-corrected chi connectivity index (χ2v) is 5.68. The number of rotatable bonds is 3. The van der Waals surface area contributed by atoms with Gasteiger partial charge in [-0.1, -0.05) is 0 Å². The summed E-state index contributed by atoms with van der Waals surface area (Å²) in [6.07, 6.45) is 1.80. The van der Waals surface area contributed by atoms with E-state index >= 15 is 0 Å². The fourth-order valence-electron chi connectivity index (χ4n) is 3.06. The van der Waals surface area contributed by atoms with Crippen LogP contribution in [-0.2, 0) is 11.2 Å². The van der Waals surface area contributed by atoms with E-state index in [2.05, 4.69) is 35.5 Å². The molecule has 1 atom stereocenters. The van der Waals surface area contributed by atoms with Crippen LogP contribution in [-0.4, -0.2) is 39.6 Å². The lowest BCUT2D eigenvalue weighted by atomic mass is 10.1. The Bertz CT molecular complexity index is 494. The van der Waals surface area contributed by atoms with Crippen molar-refractivity contribution in [2.45, 2.75) is 12.8 Å². The number of amides is 1. The van der Waals surface area contributed by atoms with Crippen LogP contribution in [0, 0.1) is 5.92 Å². The SMILES string of the molecule is CN(CC1CCNC1)c1ccc2c(c1)CC(=O)N2C. The normalized spacial score (nSPS) is 21.9. The Morgan fingerprint density at radius 3 is 3.05 bits per heavy atom. The molecular weight excluding hydrogens is 238 g/mol. The summed E-state index contributed by atoms with van der Waals surface area (Å²) in [6, 6.07) is 6.36. The summed E-state index contributed by atoms with van der Waals surface area (Å²) in [6.45, 7) is 3.34. The van der Waals surface area contributed by atoms with Crippen molar-refractivity contribution in [3.63, 3.8) is 0 Å². The number of carbonyl (C=O) groups is 1. The Morgan fingerprint density at radius 1 is 1.47 bits per heavy atom. The first-order valence-corrected chi connectivity index (χ1v) is 6.96. The molecule has 4 heteroatoms. The van der Waals surface area contributed by atoms with Gasteiger partial charge in [0, 0.05) is 32.0 Å². The molecule has 102 valence electrons. The van der Waals surface area contributed by atoms with E-state index in [1.165, 1.54) is 12.1 Å². The van der Waals surface area contributed by atoms with Crippen molar-refractivity contribution in [2.75, 3.05) is 43.5 Å².